The highest BCUT2D eigenvalue weighted by Crippen LogP contribution is 2.24. The van der Waals surface area contributed by atoms with Gasteiger partial charge in [0.25, 0.3) is 5.91 Å². The summed E-state index contributed by atoms with van der Waals surface area (Å²) < 4.78 is 5.79. The highest BCUT2D eigenvalue weighted by Gasteiger charge is 2.27. The van der Waals surface area contributed by atoms with Crippen LogP contribution in [0.1, 0.15) is 34.8 Å². The lowest BCUT2D eigenvalue weighted by Crippen LogP contribution is -2.42. The summed E-state index contributed by atoms with van der Waals surface area (Å²) in [7, 11) is 0. The molecule has 8 heteroatoms. The fourth-order valence-corrected chi connectivity index (χ4v) is 2.89. The number of hydrogen-bond acceptors (Lipinski definition) is 6. The van der Waals surface area contributed by atoms with Crippen molar-refractivity contribution in [1.29, 1.82) is 0 Å². The van der Waals surface area contributed by atoms with E-state index in [-0.39, 0.29) is 17.9 Å². The molecule has 0 saturated carbocycles. The zero-order valence-electron chi connectivity index (χ0n) is 14.7. The normalized spacial score (nSPS) is 17.0. The van der Waals surface area contributed by atoms with Gasteiger partial charge in [-0.2, -0.15) is 0 Å². The number of aryl methyl sites for hydroxylation is 1. The van der Waals surface area contributed by atoms with Crippen LogP contribution >= 0.6 is 0 Å². The molecule has 1 fully saturated rings. The Bertz CT molecular complexity index is 819. The fourth-order valence-electron chi connectivity index (χ4n) is 2.89. The van der Waals surface area contributed by atoms with Crippen LogP contribution in [0, 0.1) is 6.92 Å². The predicted molar refractivity (Wildman–Crippen MR) is 96.5 cm³/mol. The zero-order chi connectivity index (χ0) is 18.7. The van der Waals surface area contributed by atoms with E-state index in [0.717, 1.165) is 5.69 Å². The van der Waals surface area contributed by atoms with Gasteiger partial charge in [0.15, 0.2) is 0 Å². The summed E-state index contributed by atoms with van der Waals surface area (Å²) in [5.74, 6) is -0.0362. The van der Waals surface area contributed by atoms with Crippen LogP contribution in [0.3, 0.4) is 0 Å². The van der Waals surface area contributed by atoms with Gasteiger partial charge in [-0.1, -0.05) is 0 Å². The molecule has 1 aliphatic rings. The number of carbonyl (C=O) groups excluding carboxylic acids is 2. The molecule has 0 unspecified atom stereocenters. The Morgan fingerprint density at radius 2 is 2.15 bits per heavy atom. The molecule has 1 saturated heterocycles. The molecule has 0 bridgehead atoms. The Labute approximate surface area is 151 Å². The first-order chi connectivity index (χ1) is 12.4. The van der Waals surface area contributed by atoms with Gasteiger partial charge in [-0.25, -0.2) is 4.98 Å². The number of nitrogen functional groups attached to an aromatic ring is 1. The second-order valence-corrected chi connectivity index (χ2v) is 6.19. The van der Waals surface area contributed by atoms with Crippen LogP contribution in [0.5, 0.6) is 0 Å². The molecule has 0 radical (unpaired) electrons. The Morgan fingerprint density at radius 3 is 2.88 bits per heavy atom. The number of nitrogens with zero attached hydrogens (tertiary/aromatic N) is 3. The maximum atomic E-state index is 12.8. The first-order valence-corrected chi connectivity index (χ1v) is 8.31. The molecule has 2 aromatic heterocycles. The predicted octanol–water partition coefficient (Wildman–Crippen LogP) is 1.54. The molecule has 136 valence electrons. The van der Waals surface area contributed by atoms with Crippen molar-refractivity contribution >= 4 is 23.3 Å². The van der Waals surface area contributed by atoms with Crippen molar-refractivity contribution in [3.63, 3.8) is 0 Å². The molecule has 1 atom stereocenters. The van der Waals surface area contributed by atoms with E-state index in [4.69, 9.17) is 10.5 Å². The fraction of sp³-hybridized carbons (Fsp3) is 0.333. The van der Waals surface area contributed by atoms with Gasteiger partial charge in [0, 0.05) is 36.6 Å². The molecule has 0 spiro atoms. The number of nitrogens with two attached hydrogens (primary N) is 1. The lowest BCUT2D eigenvalue weighted by atomic mass is 10.1. The van der Waals surface area contributed by atoms with Crippen LogP contribution in [0.25, 0.3) is 0 Å². The smallest absolute Gasteiger partial charge is 0.254 e. The minimum absolute atomic E-state index is 0.145. The van der Waals surface area contributed by atoms with Gasteiger partial charge in [0.2, 0.25) is 5.91 Å². The Morgan fingerprint density at radius 1 is 1.35 bits per heavy atom. The van der Waals surface area contributed by atoms with Gasteiger partial charge in [0.05, 0.1) is 18.8 Å². The van der Waals surface area contributed by atoms with Gasteiger partial charge in [-0.05, 0) is 31.2 Å². The minimum Gasteiger partial charge on any atom is -0.399 e. The highest BCUT2D eigenvalue weighted by atomic mass is 16.5. The topological polar surface area (TPSA) is 110 Å². The van der Waals surface area contributed by atoms with Crippen molar-refractivity contribution in [2.45, 2.75) is 20.0 Å². The van der Waals surface area contributed by atoms with Crippen molar-refractivity contribution in [2.24, 2.45) is 0 Å². The average Bonchev–Trinajstić information content (AvgIpc) is 2.60. The summed E-state index contributed by atoms with van der Waals surface area (Å²) >= 11 is 0. The van der Waals surface area contributed by atoms with Crippen molar-refractivity contribution in [3.8, 4) is 0 Å². The number of ether oxygens (including phenoxy) is 1. The maximum Gasteiger partial charge on any atom is 0.254 e. The SMILES string of the molecule is CC(=O)Nc1cc(C(=O)N2CCO[C@@H](c3cc(N)cc(C)n3)C2)ccn1. The summed E-state index contributed by atoms with van der Waals surface area (Å²) in [6, 6.07) is 6.75. The summed E-state index contributed by atoms with van der Waals surface area (Å²) in [4.78, 5) is 34.2. The van der Waals surface area contributed by atoms with E-state index in [0.29, 0.717) is 42.5 Å². The zero-order valence-corrected chi connectivity index (χ0v) is 14.7. The van der Waals surface area contributed by atoms with Crippen LogP contribution in [0.2, 0.25) is 0 Å². The molecule has 26 heavy (non-hydrogen) atoms. The summed E-state index contributed by atoms with van der Waals surface area (Å²) in [5, 5.41) is 2.58. The van der Waals surface area contributed by atoms with E-state index in [2.05, 4.69) is 15.3 Å². The molecule has 3 rings (SSSR count). The number of nitrogens with one attached hydrogen (secondary N) is 1. The van der Waals surface area contributed by atoms with Crippen LogP contribution < -0.4 is 11.1 Å². The maximum absolute atomic E-state index is 12.8. The van der Waals surface area contributed by atoms with Gasteiger partial charge in [-0.15, -0.1) is 0 Å². The number of aromatic nitrogens is 2. The van der Waals surface area contributed by atoms with E-state index >= 15 is 0 Å². The largest absolute Gasteiger partial charge is 0.399 e. The van der Waals surface area contributed by atoms with Crippen LogP contribution in [0.15, 0.2) is 30.5 Å². The van der Waals surface area contributed by atoms with Crippen molar-refractivity contribution in [3.05, 3.63) is 47.4 Å². The van der Waals surface area contributed by atoms with Gasteiger partial charge in [0.1, 0.15) is 11.9 Å². The number of amides is 2. The molecule has 2 amide bonds. The van der Waals surface area contributed by atoms with Crippen LogP contribution in [-0.2, 0) is 9.53 Å². The molecule has 2 aromatic rings. The standard InChI is InChI=1S/C18H21N5O3/c1-11-7-14(19)9-15(21-11)16-10-23(5-6-26-16)18(25)13-3-4-20-17(8-13)22-12(2)24/h3-4,7-9,16H,5-6,10H2,1-2H3,(H2,19,21)(H,20,22,24)/t16-/m1/s1. The van der Waals surface area contributed by atoms with E-state index in [1.807, 2.05) is 6.92 Å². The number of carbonyl (C=O) groups is 2. The van der Waals surface area contributed by atoms with E-state index < -0.39 is 0 Å². The second-order valence-electron chi connectivity index (χ2n) is 6.19. The third-order valence-corrected chi connectivity index (χ3v) is 3.99. The van der Waals surface area contributed by atoms with Gasteiger partial charge in [-0.3, -0.25) is 14.6 Å². The lowest BCUT2D eigenvalue weighted by Gasteiger charge is -2.33. The summed E-state index contributed by atoms with van der Waals surface area (Å²) in [6.07, 6.45) is 1.17. The Balaban J connectivity index is 1.76. The second kappa shape index (κ2) is 7.49. The minimum atomic E-state index is -0.327. The first kappa shape index (κ1) is 17.8. The number of morpholine rings is 1. The molecular formula is C18H21N5O3. The van der Waals surface area contributed by atoms with E-state index in [9.17, 15) is 9.59 Å². The molecule has 8 nitrogen and oxygen atoms in total. The van der Waals surface area contributed by atoms with Gasteiger partial charge < -0.3 is 20.7 Å². The number of pyridine rings is 2. The third-order valence-electron chi connectivity index (χ3n) is 3.99. The quantitative estimate of drug-likeness (QED) is 0.864. The van der Waals surface area contributed by atoms with E-state index in [1.165, 1.54) is 13.1 Å². The third kappa shape index (κ3) is 4.15. The van der Waals surface area contributed by atoms with Crippen molar-refractivity contribution < 1.29 is 14.3 Å². The average molecular weight is 355 g/mol. The number of anilines is 2. The highest BCUT2D eigenvalue weighted by molar-refractivity contribution is 5.96. The van der Waals surface area contributed by atoms with Gasteiger partial charge >= 0.3 is 0 Å². The Hall–Kier alpha value is -3.00. The lowest BCUT2D eigenvalue weighted by molar-refractivity contribution is -0.114. The molecular weight excluding hydrogens is 334 g/mol. The van der Waals surface area contributed by atoms with Crippen LogP contribution in [-0.4, -0.2) is 46.4 Å². The summed E-state index contributed by atoms with van der Waals surface area (Å²) in [6.45, 7) is 4.53. The molecule has 3 N–H and O–H groups in total. The monoisotopic (exact) mass is 355 g/mol. The molecule has 1 aliphatic heterocycles. The molecule has 0 aromatic carbocycles. The molecule has 3 heterocycles. The van der Waals surface area contributed by atoms with Crippen LogP contribution in [0.4, 0.5) is 11.5 Å². The van der Waals surface area contributed by atoms with Crippen molar-refractivity contribution in [2.75, 3.05) is 30.7 Å². The number of rotatable bonds is 3. The first-order valence-electron chi connectivity index (χ1n) is 8.31. The van der Waals surface area contributed by atoms with Crippen molar-refractivity contribution in [1.82, 2.24) is 14.9 Å². The summed E-state index contributed by atoms with van der Waals surface area (Å²) in [5.41, 5.74) is 8.49. The number of hydrogen-bond donors (Lipinski definition) is 2. The Kier molecular flexibility index (Phi) is 5.13. The van der Waals surface area contributed by atoms with E-state index in [1.54, 1.807) is 29.2 Å². The molecule has 0 aliphatic carbocycles.